The molecule has 3 aliphatic rings. The minimum Gasteiger partial charge on any atom is -0.350 e. The van der Waals surface area contributed by atoms with E-state index in [1.54, 1.807) is 4.68 Å². The highest BCUT2D eigenvalue weighted by molar-refractivity contribution is 6.06. The summed E-state index contributed by atoms with van der Waals surface area (Å²) in [6.45, 7) is 4.81. The summed E-state index contributed by atoms with van der Waals surface area (Å²) >= 11 is 0. The molecule has 1 saturated carbocycles. The summed E-state index contributed by atoms with van der Waals surface area (Å²) in [6.07, 6.45) is 4.08. The van der Waals surface area contributed by atoms with E-state index >= 15 is 0 Å². The molecule has 2 saturated heterocycles. The Balaban J connectivity index is 1.42. The maximum absolute atomic E-state index is 13.4. The van der Waals surface area contributed by atoms with Crippen molar-refractivity contribution >= 4 is 16.9 Å². The molecule has 0 bridgehead atoms. The van der Waals surface area contributed by atoms with Crippen LogP contribution in [0.15, 0.2) is 6.07 Å². The molecule has 7 heteroatoms. The van der Waals surface area contributed by atoms with E-state index in [0.29, 0.717) is 25.0 Å². The fraction of sp³-hybridized carbons (Fsp3) is 0.650. The molecular weight excluding hydrogens is 344 g/mol. The van der Waals surface area contributed by atoms with Crippen molar-refractivity contribution in [3.05, 3.63) is 23.0 Å². The van der Waals surface area contributed by atoms with Crippen LogP contribution < -0.4 is 0 Å². The fourth-order valence-electron chi connectivity index (χ4n) is 4.41. The third-order valence-electron chi connectivity index (χ3n) is 6.07. The third kappa shape index (κ3) is 3.02. The number of hydrogen-bond donors (Lipinski definition) is 0. The van der Waals surface area contributed by atoms with Crippen molar-refractivity contribution in [2.45, 2.75) is 44.8 Å². The van der Waals surface area contributed by atoms with Gasteiger partial charge in [-0.1, -0.05) is 0 Å². The number of aryl methyl sites for hydroxylation is 2. The van der Waals surface area contributed by atoms with Crippen molar-refractivity contribution in [1.29, 1.82) is 0 Å². The Kier molecular flexibility index (Phi) is 4.16. The third-order valence-corrected chi connectivity index (χ3v) is 6.07. The van der Waals surface area contributed by atoms with E-state index in [1.807, 2.05) is 24.9 Å². The quantitative estimate of drug-likeness (QED) is 0.830. The van der Waals surface area contributed by atoms with Gasteiger partial charge < -0.3 is 14.4 Å². The lowest BCUT2D eigenvalue weighted by atomic mass is 9.95. The molecule has 0 spiro atoms. The SMILES string of the molecule is Cc1nn(C)c2nc(C3CC3)cc(C(=O)N3CCC(C4OCCO4)CC3)c12. The zero-order chi connectivity index (χ0) is 18.5. The molecule has 1 aliphatic carbocycles. The molecule has 5 rings (SSSR count). The minimum absolute atomic E-state index is 0.0862. The fourth-order valence-corrected chi connectivity index (χ4v) is 4.41. The van der Waals surface area contributed by atoms with Crippen LogP contribution in [0.2, 0.25) is 0 Å². The average Bonchev–Trinajstić information content (AvgIpc) is 3.31. The molecule has 2 aliphatic heterocycles. The molecule has 27 heavy (non-hydrogen) atoms. The maximum Gasteiger partial charge on any atom is 0.254 e. The maximum atomic E-state index is 13.4. The summed E-state index contributed by atoms with van der Waals surface area (Å²) in [5.41, 5.74) is 3.49. The number of likely N-dealkylation sites (tertiary alicyclic amines) is 1. The number of rotatable bonds is 3. The van der Waals surface area contributed by atoms with Crippen molar-refractivity contribution in [3.63, 3.8) is 0 Å². The van der Waals surface area contributed by atoms with Crippen LogP contribution in [0.5, 0.6) is 0 Å². The first-order valence-corrected chi connectivity index (χ1v) is 9.98. The van der Waals surface area contributed by atoms with Gasteiger partial charge in [-0.3, -0.25) is 9.48 Å². The molecule has 0 atom stereocenters. The molecule has 4 heterocycles. The van der Waals surface area contributed by atoms with Gasteiger partial charge >= 0.3 is 0 Å². The van der Waals surface area contributed by atoms with Crippen LogP contribution in [-0.4, -0.2) is 58.2 Å². The number of ether oxygens (including phenoxy) is 2. The predicted molar refractivity (Wildman–Crippen MR) is 99.5 cm³/mol. The van der Waals surface area contributed by atoms with E-state index < -0.39 is 0 Å². The number of nitrogens with zero attached hydrogens (tertiary/aromatic N) is 4. The van der Waals surface area contributed by atoms with Gasteiger partial charge in [0.25, 0.3) is 5.91 Å². The Morgan fingerprint density at radius 2 is 1.85 bits per heavy atom. The summed E-state index contributed by atoms with van der Waals surface area (Å²) in [5.74, 6) is 0.988. The Bertz CT molecular complexity index is 875. The molecule has 3 fully saturated rings. The normalized spacial score (nSPS) is 22.1. The van der Waals surface area contributed by atoms with Crippen LogP contribution in [0.1, 0.15) is 53.3 Å². The van der Waals surface area contributed by atoms with Gasteiger partial charge in [-0.2, -0.15) is 5.10 Å². The highest BCUT2D eigenvalue weighted by Gasteiger charge is 2.34. The minimum atomic E-state index is -0.0862. The number of fused-ring (bicyclic) bond motifs is 1. The number of carbonyl (C=O) groups is 1. The van der Waals surface area contributed by atoms with Crippen molar-refractivity contribution < 1.29 is 14.3 Å². The number of pyridine rings is 1. The van der Waals surface area contributed by atoms with Crippen LogP contribution in [-0.2, 0) is 16.5 Å². The highest BCUT2D eigenvalue weighted by Crippen LogP contribution is 2.40. The topological polar surface area (TPSA) is 69.5 Å². The summed E-state index contributed by atoms with van der Waals surface area (Å²) in [6, 6.07) is 2.02. The lowest BCUT2D eigenvalue weighted by molar-refractivity contribution is -0.0956. The Labute approximate surface area is 158 Å². The molecule has 144 valence electrons. The number of piperidine rings is 1. The molecule has 2 aromatic rings. The van der Waals surface area contributed by atoms with E-state index in [9.17, 15) is 4.79 Å². The molecule has 0 N–H and O–H groups in total. The van der Waals surface area contributed by atoms with Crippen LogP contribution in [0.25, 0.3) is 11.0 Å². The Morgan fingerprint density at radius 3 is 2.52 bits per heavy atom. The van der Waals surface area contributed by atoms with E-state index in [-0.39, 0.29) is 12.2 Å². The van der Waals surface area contributed by atoms with Gasteiger partial charge in [0.1, 0.15) is 0 Å². The van der Waals surface area contributed by atoms with Gasteiger partial charge in [0.2, 0.25) is 0 Å². The molecule has 0 aromatic carbocycles. The van der Waals surface area contributed by atoms with E-state index in [2.05, 4.69) is 5.10 Å². The van der Waals surface area contributed by atoms with Crippen molar-refractivity contribution in [2.24, 2.45) is 13.0 Å². The Hall–Kier alpha value is -1.99. The van der Waals surface area contributed by atoms with E-state index in [1.165, 1.54) is 0 Å². The van der Waals surface area contributed by atoms with Crippen LogP contribution in [0, 0.1) is 12.8 Å². The molecule has 2 aromatic heterocycles. The molecular formula is C20H26N4O3. The zero-order valence-corrected chi connectivity index (χ0v) is 16.0. The molecule has 0 unspecified atom stereocenters. The van der Waals surface area contributed by atoms with Crippen molar-refractivity contribution in [2.75, 3.05) is 26.3 Å². The average molecular weight is 370 g/mol. The Morgan fingerprint density at radius 1 is 1.15 bits per heavy atom. The molecule has 7 nitrogen and oxygen atoms in total. The standard InChI is InChI=1S/C20H26N4O3/c1-12-17-15(11-16(13-3-4-13)21-18(17)23(2)22-12)19(25)24-7-5-14(6-8-24)20-26-9-10-27-20/h11,13-14,20H,3-10H2,1-2H3. The predicted octanol–water partition coefficient (Wildman–Crippen LogP) is 2.38. The second-order valence-corrected chi connectivity index (χ2v) is 8.02. The lowest BCUT2D eigenvalue weighted by Crippen LogP contribution is -2.41. The van der Waals surface area contributed by atoms with Crippen LogP contribution >= 0.6 is 0 Å². The summed E-state index contributed by atoms with van der Waals surface area (Å²) in [4.78, 5) is 20.2. The molecule has 1 amide bonds. The van der Waals surface area contributed by atoms with Crippen molar-refractivity contribution in [3.8, 4) is 0 Å². The van der Waals surface area contributed by atoms with E-state index in [4.69, 9.17) is 14.5 Å². The monoisotopic (exact) mass is 370 g/mol. The first kappa shape index (κ1) is 17.1. The highest BCUT2D eigenvalue weighted by atomic mass is 16.7. The van der Waals surface area contributed by atoms with Gasteiger partial charge in [0, 0.05) is 37.7 Å². The van der Waals surface area contributed by atoms with Gasteiger partial charge in [-0.05, 0) is 38.7 Å². The smallest absolute Gasteiger partial charge is 0.254 e. The number of aromatic nitrogens is 3. The largest absolute Gasteiger partial charge is 0.350 e. The number of carbonyl (C=O) groups excluding carboxylic acids is 1. The van der Waals surface area contributed by atoms with Gasteiger partial charge in [0.05, 0.1) is 29.9 Å². The van der Waals surface area contributed by atoms with Gasteiger partial charge in [-0.15, -0.1) is 0 Å². The first-order chi connectivity index (χ1) is 13.1. The van der Waals surface area contributed by atoms with Gasteiger partial charge in [-0.25, -0.2) is 4.98 Å². The molecule has 0 radical (unpaired) electrons. The number of amides is 1. The number of hydrogen-bond acceptors (Lipinski definition) is 5. The summed E-state index contributed by atoms with van der Waals surface area (Å²) in [5, 5.41) is 5.41. The second kappa shape index (κ2) is 6.56. The van der Waals surface area contributed by atoms with Crippen molar-refractivity contribution in [1.82, 2.24) is 19.7 Å². The lowest BCUT2D eigenvalue weighted by Gasteiger charge is -2.34. The van der Waals surface area contributed by atoms with E-state index in [0.717, 1.165) is 66.8 Å². The van der Waals surface area contributed by atoms with Gasteiger partial charge in [0.15, 0.2) is 11.9 Å². The zero-order valence-electron chi connectivity index (χ0n) is 16.0. The van der Waals surface area contributed by atoms with Crippen LogP contribution in [0.4, 0.5) is 0 Å². The summed E-state index contributed by atoms with van der Waals surface area (Å²) in [7, 11) is 1.90. The van der Waals surface area contributed by atoms with Crippen LogP contribution in [0.3, 0.4) is 0 Å². The second-order valence-electron chi connectivity index (χ2n) is 8.02. The first-order valence-electron chi connectivity index (χ1n) is 9.98. The summed E-state index contributed by atoms with van der Waals surface area (Å²) < 4.78 is 13.1.